The summed E-state index contributed by atoms with van der Waals surface area (Å²) < 4.78 is 11.9. The molecule has 2 aromatic carbocycles. The van der Waals surface area contributed by atoms with Gasteiger partial charge < -0.3 is 9.47 Å². The molecule has 1 N–H and O–H groups in total. The molecule has 0 fully saturated rings. The van der Waals surface area contributed by atoms with E-state index >= 15 is 0 Å². The van der Waals surface area contributed by atoms with Crippen LogP contribution in [0.4, 0.5) is 0 Å². The number of amides is 1. The third-order valence-corrected chi connectivity index (χ3v) is 4.83. The van der Waals surface area contributed by atoms with E-state index in [1.54, 1.807) is 30.7 Å². The summed E-state index contributed by atoms with van der Waals surface area (Å²) in [7, 11) is 0. The summed E-state index contributed by atoms with van der Waals surface area (Å²) >= 11 is 0. The standard InChI is InChI=1S/C26H29N3O3/c1-19(2)23-10-9-20(3)17-25(23)32-16-6-15-31-24-8-5-4-7-22(24)18-28-29-26(30)21-11-13-27-14-12-21/h4-5,7-14,17-19H,6,15-16H2,1-3H3,(H,29,30)/b28-18+. The van der Waals surface area contributed by atoms with Crippen molar-refractivity contribution in [3.05, 3.63) is 89.2 Å². The van der Waals surface area contributed by atoms with E-state index in [0.717, 1.165) is 17.7 Å². The number of aryl methyl sites for hydroxylation is 1. The van der Waals surface area contributed by atoms with E-state index in [-0.39, 0.29) is 5.91 Å². The number of hydrazone groups is 1. The van der Waals surface area contributed by atoms with Crippen LogP contribution in [0.1, 0.15) is 53.2 Å². The second kappa shape index (κ2) is 11.6. The minimum atomic E-state index is -0.295. The minimum absolute atomic E-state index is 0.295. The van der Waals surface area contributed by atoms with Crippen LogP contribution in [0.3, 0.4) is 0 Å². The van der Waals surface area contributed by atoms with Crippen LogP contribution in [0.25, 0.3) is 0 Å². The summed E-state index contributed by atoms with van der Waals surface area (Å²) in [6, 6.07) is 17.2. The molecule has 3 rings (SSSR count). The molecule has 1 heterocycles. The van der Waals surface area contributed by atoms with E-state index in [0.29, 0.717) is 30.4 Å². The third kappa shape index (κ3) is 6.67. The van der Waals surface area contributed by atoms with Crippen molar-refractivity contribution in [3.63, 3.8) is 0 Å². The fourth-order valence-electron chi connectivity index (χ4n) is 3.11. The molecule has 0 saturated carbocycles. The SMILES string of the molecule is Cc1ccc(C(C)C)c(OCCCOc2ccccc2/C=N/NC(=O)c2ccncc2)c1. The fraction of sp³-hybridized carbons (Fsp3) is 0.269. The molecule has 1 amide bonds. The number of pyridine rings is 1. The Hall–Kier alpha value is -3.67. The van der Waals surface area contributed by atoms with E-state index in [2.05, 4.69) is 54.5 Å². The number of hydrogen-bond acceptors (Lipinski definition) is 5. The Labute approximate surface area is 189 Å². The third-order valence-electron chi connectivity index (χ3n) is 4.83. The van der Waals surface area contributed by atoms with Crippen LogP contribution in [-0.2, 0) is 0 Å². The van der Waals surface area contributed by atoms with Gasteiger partial charge in [-0.3, -0.25) is 9.78 Å². The smallest absolute Gasteiger partial charge is 0.271 e. The van der Waals surface area contributed by atoms with Crippen molar-refractivity contribution < 1.29 is 14.3 Å². The van der Waals surface area contributed by atoms with Gasteiger partial charge >= 0.3 is 0 Å². The lowest BCUT2D eigenvalue weighted by molar-refractivity contribution is 0.0955. The van der Waals surface area contributed by atoms with Gasteiger partial charge in [0.2, 0.25) is 0 Å². The first-order chi connectivity index (χ1) is 15.5. The lowest BCUT2D eigenvalue weighted by atomic mass is 10.0. The van der Waals surface area contributed by atoms with E-state index in [1.807, 2.05) is 24.3 Å². The van der Waals surface area contributed by atoms with Crippen molar-refractivity contribution in [3.8, 4) is 11.5 Å². The monoisotopic (exact) mass is 431 g/mol. The molecule has 0 spiro atoms. The predicted octanol–water partition coefficient (Wildman–Crippen LogP) is 5.13. The molecule has 0 unspecified atom stereocenters. The maximum absolute atomic E-state index is 12.1. The Kier molecular flexibility index (Phi) is 8.37. The van der Waals surface area contributed by atoms with Gasteiger partial charge in [0.15, 0.2) is 0 Å². The number of hydrogen-bond donors (Lipinski definition) is 1. The summed E-state index contributed by atoms with van der Waals surface area (Å²) in [5, 5.41) is 4.05. The zero-order valence-corrected chi connectivity index (χ0v) is 18.7. The zero-order valence-electron chi connectivity index (χ0n) is 18.7. The van der Waals surface area contributed by atoms with Gasteiger partial charge in [-0.1, -0.05) is 38.1 Å². The van der Waals surface area contributed by atoms with Crippen LogP contribution in [-0.4, -0.2) is 30.3 Å². The molecule has 32 heavy (non-hydrogen) atoms. The summed E-state index contributed by atoms with van der Waals surface area (Å²) in [4.78, 5) is 16.0. The summed E-state index contributed by atoms with van der Waals surface area (Å²) in [6.07, 6.45) is 5.45. The molecule has 0 aliphatic heterocycles. The minimum Gasteiger partial charge on any atom is -0.493 e. The van der Waals surface area contributed by atoms with Gasteiger partial charge in [0.05, 0.1) is 19.4 Å². The van der Waals surface area contributed by atoms with Gasteiger partial charge in [0.1, 0.15) is 11.5 Å². The van der Waals surface area contributed by atoms with Crippen LogP contribution in [0.2, 0.25) is 0 Å². The van der Waals surface area contributed by atoms with Gasteiger partial charge in [-0.25, -0.2) is 5.43 Å². The number of nitrogens with zero attached hydrogens (tertiary/aromatic N) is 2. The quantitative estimate of drug-likeness (QED) is 0.275. The average Bonchev–Trinajstić information content (AvgIpc) is 2.80. The molecule has 0 radical (unpaired) electrons. The molecular formula is C26H29N3O3. The van der Waals surface area contributed by atoms with Gasteiger partial charge in [-0.05, 0) is 54.3 Å². The Bertz CT molecular complexity index is 1050. The van der Waals surface area contributed by atoms with Crippen molar-refractivity contribution in [2.75, 3.05) is 13.2 Å². The highest BCUT2D eigenvalue weighted by Crippen LogP contribution is 2.27. The average molecular weight is 432 g/mol. The number of para-hydroxylation sites is 1. The van der Waals surface area contributed by atoms with Crippen LogP contribution in [0, 0.1) is 6.92 Å². The molecule has 0 saturated heterocycles. The number of carbonyl (C=O) groups is 1. The van der Waals surface area contributed by atoms with Crippen LogP contribution < -0.4 is 14.9 Å². The predicted molar refractivity (Wildman–Crippen MR) is 127 cm³/mol. The number of nitrogens with one attached hydrogen (secondary N) is 1. The first-order valence-corrected chi connectivity index (χ1v) is 10.7. The van der Waals surface area contributed by atoms with E-state index < -0.39 is 0 Å². The Morgan fingerprint density at radius 1 is 1.03 bits per heavy atom. The van der Waals surface area contributed by atoms with Crippen LogP contribution in [0.15, 0.2) is 72.1 Å². The zero-order chi connectivity index (χ0) is 22.8. The molecule has 6 nitrogen and oxygen atoms in total. The number of carbonyl (C=O) groups excluding carboxylic acids is 1. The van der Waals surface area contributed by atoms with Crippen LogP contribution in [0.5, 0.6) is 11.5 Å². The molecule has 0 atom stereocenters. The first-order valence-electron chi connectivity index (χ1n) is 10.7. The van der Waals surface area contributed by atoms with Crippen molar-refractivity contribution in [1.82, 2.24) is 10.4 Å². The van der Waals surface area contributed by atoms with Crippen LogP contribution >= 0.6 is 0 Å². The molecule has 1 aromatic heterocycles. The summed E-state index contributed by atoms with van der Waals surface area (Å²) in [6.45, 7) is 7.48. The lowest BCUT2D eigenvalue weighted by Crippen LogP contribution is -2.17. The highest BCUT2D eigenvalue weighted by atomic mass is 16.5. The normalized spacial score (nSPS) is 11.0. The number of benzene rings is 2. The second-order valence-corrected chi connectivity index (χ2v) is 7.72. The molecule has 3 aromatic rings. The maximum Gasteiger partial charge on any atom is 0.271 e. The van der Waals surface area contributed by atoms with Gasteiger partial charge in [-0.2, -0.15) is 5.10 Å². The van der Waals surface area contributed by atoms with Crippen molar-refractivity contribution in [1.29, 1.82) is 0 Å². The molecule has 166 valence electrons. The molecule has 6 heteroatoms. The molecule has 0 aliphatic rings. The number of rotatable bonds is 10. The summed E-state index contributed by atoms with van der Waals surface area (Å²) in [5.41, 5.74) is 6.19. The highest BCUT2D eigenvalue weighted by molar-refractivity contribution is 5.94. The van der Waals surface area contributed by atoms with Crippen molar-refractivity contribution >= 4 is 12.1 Å². The van der Waals surface area contributed by atoms with E-state index in [9.17, 15) is 4.79 Å². The van der Waals surface area contributed by atoms with Gasteiger partial charge in [0.25, 0.3) is 5.91 Å². The highest BCUT2D eigenvalue weighted by Gasteiger charge is 2.08. The Morgan fingerprint density at radius 2 is 1.75 bits per heavy atom. The van der Waals surface area contributed by atoms with E-state index in [1.165, 1.54) is 11.1 Å². The molecular weight excluding hydrogens is 402 g/mol. The fourth-order valence-corrected chi connectivity index (χ4v) is 3.11. The topological polar surface area (TPSA) is 72.8 Å². The van der Waals surface area contributed by atoms with Gasteiger partial charge in [-0.15, -0.1) is 0 Å². The number of ether oxygens (including phenoxy) is 2. The lowest BCUT2D eigenvalue weighted by Gasteiger charge is -2.15. The molecule has 0 bridgehead atoms. The Balaban J connectivity index is 1.49. The second-order valence-electron chi connectivity index (χ2n) is 7.72. The molecule has 0 aliphatic carbocycles. The van der Waals surface area contributed by atoms with Crippen molar-refractivity contribution in [2.45, 2.75) is 33.1 Å². The van der Waals surface area contributed by atoms with Crippen molar-refractivity contribution in [2.24, 2.45) is 5.10 Å². The summed E-state index contributed by atoms with van der Waals surface area (Å²) in [5.74, 6) is 1.76. The van der Waals surface area contributed by atoms with Gasteiger partial charge in [0, 0.05) is 29.9 Å². The maximum atomic E-state index is 12.1. The largest absolute Gasteiger partial charge is 0.493 e. The Morgan fingerprint density at radius 3 is 2.50 bits per heavy atom. The van der Waals surface area contributed by atoms with E-state index in [4.69, 9.17) is 9.47 Å². The first kappa shape index (κ1) is 23.0. The number of aromatic nitrogens is 1.